The maximum atomic E-state index is 6.92. The van der Waals surface area contributed by atoms with Gasteiger partial charge in [-0.2, -0.15) is 0 Å². The quantitative estimate of drug-likeness (QED) is 0.148. The zero-order valence-electron chi connectivity index (χ0n) is 22.6. The van der Waals surface area contributed by atoms with Crippen LogP contribution in [0.1, 0.15) is 0 Å². The van der Waals surface area contributed by atoms with E-state index in [0.29, 0.717) is 12.9 Å². The SMILES string of the molecule is [Cl][Co][Cl].c1ccc(P(c2ccccc2)c2ccccc2Oc2ccccc2P(c2ccccc2)c2ccccc2)cc1. The first kappa shape index (κ1) is 30.5. The van der Waals surface area contributed by atoms with Gasteiger partial charge in [0.1, 0.15) is 11.5 Å². The second kappa shape index (κ2) is 16.1. The summed E-state index contributed by atoms with van der Waals surface area (Å²) in [5.74, 6) is 1.81. The Bertz CT molecular complexity index is 1450. The largest absolute Gasteiger partial charge is 0.456 e. The third kappa shape index (κ3) is 7.71. The zero-order chi connectivity index (χ0) is 29.0. The minimum absolute atomic E-state index is 0.382. The number of halogens is 2. The van der Waals surface area contributed by atoms with E-state index >= 15 is 0 Å². The molecule has 0 heterocycles. The Balaban J connectivity index is 0.00000113. The van der Waals surface area contributed by atoms with Crippen LogP contribution in [0.4, 0.5) is 0 Å². The summed E-state index contributed by atoms with van der Waals surface area (Å²) in [6.45, 7) is 0. The molecule has 6 heteroatoms. The fourth-order valence-corrected chi connectivity index (χ4v) is 9.48. The van der Waals surface area contributed by atoms with E-state index in [2.05, 4.69) is 170 Å². The van der Waals surface area contributed by atoms with Gasteiger partial charge in [-0.15, -0.1) is 0 Å². The van der Waals surface area contributed by atoms with Crippen molar-refractivity contribution in [3.05, 3.63) is 170 Å². The Morgan fingerprint density at radius 1 is 0.357 bits per heavy atom. The topological polar surface area (TPSA) is 9.23 Å². The normalized spacial score (nSPS) is 10.8. The van der Waals surface area contributed by atoms with E-state index in [-0.39, 0.29) is 0 Å². The maximum Gasteiger partial charge on any atom is 0.135 e. The minimum atomic E-state index is -0.795. The van der Waals surface area contributed by atoms with E-state index in [1.54, 1.807) is 0 Å². The third-order valence-electron chi connectivity index (χ3n) is 6.49. The third-order valence-corrected chi connectivity index (χ3v) is 11.5. The summed E-state index contributed by atoms with van der Waals surface area (Å²) in [5.41, 5.74) is 0. The summed E-state index contributed by atoms with van der Waals surface area (Å²) in [6, 6.07) is 60.2. The molecule has 0 saturated carbocycles. The molecule has 0 amide bonds. The van der Waals surface area contributed by atoms with Gasteiger partial charge >= 0.3 is 33.2 Å². The Labute approximate surface area is 265 Å². The molecule has 6 aromatic rings. The van der Waals surface area contributed by atoms with Crippen molar-refractivity contribution in [1.82, 2.24) is 0 Å². The molecular weight excluding hydrogens is 640 g/mol. The molecular formula is C36H28Cl2CoOP2. The second-order valence-corrected chi connectivity index (χ2v) is 15.2. The summed E-state index contributed by atoms with van der Waals surface area (Å²) < 4.78 is 6.92. The molecule has 0 N–H and O–H groups in total. The van der Waals surface area contributed by atoms with Crippen LogP contribution in [0, 0.1) is 0 Å². The van der Waals surface area contributed by atoms with Crippen LogP contribution in [-0.2, 0) is 12.9 Å². The van der Waals surface area contributed by atoms with Gasteiger partial charge in [0.15, 0.2) is 0 Å². The van der Waals surface area contributed by atoms with Gasteiger partial charge in [-0.25, -0.2) is 0 Å². The predicted octanol–water partition coefficient (Wildman–Crippen LogP) is 8.37. The number of para-hydroxylation sites is 2. The summed E-state index contributed by atoms with van der Waals surface area (Å²) in [5, 5.41) is 7.64. The van der Waals surface area contributed by atoms with E-state index in [1.165, 1.54) is 31.8 Å². The Hall–Kier alpha value is -2.93. The van der Waals surface area contributed by atoms with Crippen LogP contribution < -0.4 is 36.6 Å². The van der Waals surface area contributed by atoms with Gasteiger partial charge in [0.25, 0.3) is 0 Å². The van der Waals surface area contributed by atoms with Crippen molar-refractivity contribution in [3.8, 4) is 11.5 Å². The van der Waals surface area contributed by atoms with Crippen molar-refractivity contribution in [2.45, 2.75) is 0 Å². The molecule has 0 fully saturated rings. The second-order valence-electron chi connectivity index (χ2n) is 9.10. The zero-order valence-corrected chi connectivity index (χ0v) is 26.9. The molecule has 0 aliphatic rings. The van der Waals surface area contributed by atoms with Crippen molar-refractivity contribution in [1.29, 1.82) is 0 Å². The molecule has 0 atom stereocenters. The van der Waals surface area contributed by atoms with Crippen LogP contribution in [0.15, 0.2) is 170 Å². The fourth-order valence-electron chi connectivity index (χ4n) is 4.74. The first-order valence-electron chi connectivity index (χ1n) is 13.3. The predicted molar refractivity (Wildman–Crippen MR) is 182 cm³/mol. The van der Waals surface area contributed by atoms with Crippen molar-refractivity contribution >= 4 is 68.0 Å². The van der Waals surface area contributed by atoms with Crippen LogP contribution in [0.2, 0.25) is 0 Å². The summed E-state index contributed by atoms with van der Waals surface area (Å²) >= 11 is 0.382. The van der Waals surface area contributed by atoms with Crippen molar-refractivity contribution < 1.29 is 17.6 Å². The molecule has 6 rings (SSSR count). The van der Waals surface area contributed by atoms with Crippen molar-refractivity contribution in [2.75, 3.05) is 0 Å². The average Bonchev–Trinajstić information content (AvgIpc) is 3.05. The smallest absolute Gasteiger partial charge is 0.135 e. The van der Waals surface area contributed by atoms with Gasteiger partial charge in [-0.05, 0) is 49.2 Å². The first-order valence-corrected chi connectivity index (χ1v) is 18.8. The molecule has 0 aliphatic carbocycles. The molecule has 42 heavy (non-hydrogen) atoms. The molecule has 0 bridgehead atoms. The van der Waals surface area contributed by atoms with Crippen LogP contribution in [-0.4, -0.2) is 0 Å². The minimum Gasteiger partial charge on any atom is -0.456 e. The molecule has 1 nitrogen and oxygen atoms in total. The summed E-state index contributed by atoms with van der Waals surface area (Å²) in [4.78, 5) is 0. The fraction of sp³-hybridized carbons (Fsp3) is 0. The van der Waals surface area contributed by atoms with Crippen LogP contribution in [0.5, 0.6) is 11.5 Å². The van der Waals surface area contributed by atoms with Crippen LogP contribution in [0.25, 0.3) is 0 Å². The first-order chi connectivity index (χ1) is 20.8. The molecule has 0 aliphatic heterocycles. The van der Waals surface area contributed by atoms with Crippen molar-refractivity contribution in [2.24, 2.45) is 0 Å². The van der Waals surface area contributed by atoms with E-state index in [0.717, 1.165) is 11.5 Å². The number of rotatable bonds is 8. The molecule has 0 spiro atoms. The summed E-state index contributed by atoms with van der Waals surface area (Å²) in [6.07, 6.45) is 0. The van der Waals surface area contributed by atoms with Gasteiger partial charge in [0, 0.05) is 10.6 Å². The maximum absolute atomic E-state index is 6.92. The molecule has 6 aromatic carbocycles. The number of benzene rings is 6. The molecule has 211 valence electrons. The standard InChI is InChI=1S/C36H28OP2.2ClH.Co/c1-5-17-29(18-6-1)38(30-19-7-2-8-20-30)35-27-15-13-25-33(35)37-34-26-14-16-28-36(34)39(31-21-9-3-10-22-31)32-23-11-4-12-24-32;;;/h1-28H;2*1H;/q;;;+2/p-2. The average molecular weight is 668 g/mol. The Morgan fingerprint density at radius 2 is 0.595 bits per heavy atom. The van der Waals surface area contributed by atoms with Crippen LogP contribution in [0.3, 0.4) is 0 Å². The summed E-state index contributed by atoms with van der Waals surface area (Å²) in [7, 11) is 7.87. The molecule has 0 aromatic heterocycles. The number of hydrogen-bond donors (Lipinski definition) is 0. The van der Waals surface area contributed by atoms with Gasteiger partial charge in [-0.1, -0.05) is 158 Å². The van der Waals surface area contributed by atoms with E-state index < -0.39 is 15.8 Å². The number of hydrogen-bond acceptors (Lipinski definition) is 1. The van der Waals surface area contributed by atoms with Gasteiger partial charge in [-0.3, -0.25) is 0 Å². The van der Waals surface area contributed by atoms with Gasteiger partial charge in [0.2, 0.25) is 0 Å². The molecule has 0 radical (unpaired) electrons. The van der Waals surface area contributed by atoms with Gasteiger partial charge < -0.3 is 4.74 Å². The van der Waals surface area contributed by atoms with E-state index in [9.17, 15) is 0 Å². The molecule has 0 saturated heterocycles. The molecule has 0 unspecified atom stereocenters. The van der Waals surface area contributed by atoms with E-state index in [1.807, 2.05) is 0 Å². The van der Waals surface area contributed by atoms with Crippen molar-refractivity contribution in [3.63, 3.8) is 0 Å². The number of ether oxygens (including phenoxy) is 1. The Kier molecular flexibility index (Phi) is 11.7. The Morgan fingerprint density at radius 3 is 0.881 bits per heavy atom. The van der Waals surface area contributed by atoms with Gasteiger partial charge in [0.05, 0.1) is 0 Å². The van der Waals surface area contributed by atoms with E-state index in [4.69, 9.17) is 25.0 Å². The monoisotopic (exact) mass is 667 g/mol. The van der Waals surface area contributed by atoms with Crippen LogP contribution >= 0.6 is 36.1 Å².